The van der Waals surface area contributed by atoms with Crippen LogP contribution in [0.1, 0.15) is 0 Å². The number of aliphatic hydroxyl groups is 10. The lowest BCUT2D eigenvalue weighted by Gasteiger charge is -2.33. The van der Waals surface area contributed by atoms with E-state index in [0.717, 1.165) is 0 Å². The molecule has 28 heavy (non-hydrogen) atoms. The quantitative estimate of drug-likeness (QED) is 0.116. The number of nitrogens with two attached hydrogens (primary N) is 1. The standard InChI is InChI=1S/C14H32N2O10.2ClH/c15-1-2-16(3-7(19)11(23)13(25)9(21)5-17)4-8(20)12(24)14(26)10(22)6-18;;/h7-14,17-26H,1-6,15H2;2*1H/t7?,8?,9-,10?,11?,12?,13?,14?;;/m0../s1. The van der Waals surface area contributed by atoms with Gasteiger partial charge in [0.2, 0.25) is 0 Å². The van der Waals surface area contributed by atoms with Crippen LogP contribution in [-0.2, 0) is 0 Å². The first-order valence-electron chi connectivity index (χ1n) is 8.19. The molecule has 0 bridgehead atoms. The van der Waals surface area contributed by atoms with Gasteiger partial charge in [0.25, 0.3) is 0 Å². The van der Waals surface area contributed by atoms with E-state index in [1.54, 1.807) is 0 Å². The largest absolute Gasteiger partial charge is 0.394 e. The summed E-state index contributed by atoms with van der Waals surface area (Å²) in [5.74, 6) is 0. The van der Waals surface area contributed by atoms with Gasteiger partial charge in [0.1, 0.15) is 36.6 Å². The molecule has 0 aromatic heterocycles. The van der Waals surface area contributed by atoms with E-state index in [1.165, 1.54) is 4.90 Å². The summed E-state index contributed by atoms with van der Waals surface area (Å²) in [5, 5.41) is 94.8. The Balaban J connectivity index is -0.00000312. The fourth-order valence-corrected chi connectivity index (χ4v) is 2.31. The SMILES string of the molecule is Cl.Cl.NCCN(CC(O)C(O)C(O)C(O)CO)CC(O)C(O)C(O)[C@@H](O)CO. The second-order valence-electron chi connectivity index (χ2n) is 6.15. The second-order valence-corrected chi connectivity index (χ2v) is 6.15. The minimum atomic E-state index is -1.81. The first-order chi connectivity index (χ1) is 12.1. The van der Waals surface area contributed by atoms with E-state index < -0.39 is 62.0 Å². The van der Waals surface area contributed by atoms with E-state index in [0.29, 0.717) is 0 Å². The van der Waals surface area contributed by atoms with E-state index in [1.807, 2.05) is 0 Å². The van der Waals surface area contributed by atoms with Crippen molar-refractivity contribution in [2.45, 2.75) is 48.8 Å². The molecule has 0 rings (SSSR count). The number of nitrogens with zero attached hydrogens (tertiary/aromatic N) is 1. The van der Waals surface area contributed by atoms with Gasteiger partial charge in [0.15, 0.2) is 0 Å². The smallest absolute Gasteiger partial charge is 0.111 e. The molecule has 0 saturated carbocycles. The lowest BCUT2D eigenvalue weighted by Crippen LogP contribution is -2.53. The Labute approximate surface area is 175 Å². The summed E-state index contributed by atoms with van der Waals surface area (Å²) < 4.78 is 0. The number of aliphatic hydroxyl groups excluding tert-OH is 10. The molecule has 0 spiro atoms. The molecule has 0 amide bonds. The van der Waals surface area contributed by atoms with Gasteiger partial charge in [-0.15, -0.1) is 24.8 Å². The topological polar surface area (TPSA) is 232 Å². The van der Waals surface area contributed by atoms with Crippen LogP contribution in [-0.4, -0.2) is 144 Å². The molecule has 8 atom stereocenters. The van der Waals surface area contributed by atoms with Gasteiger partial charge in [-0.2, -0.15) is 0 Å². The van der Waals surface area contributed by atoms with Crippen LogP contribution in [0.3, 0.4) is 0 Å². The molecule has 12 N–H and O–H groups in total. The van der Waals surface area contributed by atoms with Gasteiger partial charge >= 0.3 is 0 Å². The van der Waals surface area contributed by atoms with Gasteiger partial charge in [-0.05, 0) is 0 Å². The summed E-state index contributed by atoms with van der Waals surface area (Å²) >= 11 is 0. The Morgan fingerprint density at radius 2 is 0.857 bits per heavy atom. The number of hydrogen-bond acceptors (Lipinski definition) is 12. The Hall–Kier alpha value is 0.100. The van der Waals surface area contributed by atoms with Crippen molar-refractivity contribution in [2.24, 2.45) is 5.73 Å². The van der Waals surface area contributed by atoms with Gasteiger partial charge in [0.05, 0.1) is 25.4 Å². The maximum Gasteiger partial charge on any atom is 0.111 e. The molecule has 0 radical (unpaired) electrons. The van der Waals surface area contributed by atoms with Crippen LogP contribution in [0.5, 0.6) is 0 Å². The van der Waals surface area contributed by atoms with E-state index in [9.17, 15) is 40.9 Å². The minimum Gasteiger partial charge on any atom is -0.394 e. The molecule has 0 heterocycles. The lowest BCUT2D eigenvalue weighted by molar-refractivity contribution is -0.130. The lowest BCUT2D eigenvalue weighted by atomic mass is 10.0. The van der Waals surface area contributed by atoms with Gasteiger partial charge in [-0.25, -0.2) is 0 Å². The predicted molar refractivity (Wildman–Crippen MR) is 102 cm³/mol. The Bertz CT molecular complexity index is 347. The highest BCUT2D eigenvalue weighted by Gasteiger charge is 2.34. The molecule has 14 heteroatoms. The van der Waals surface area contributed by atoms with Crippen molar-refractivity contribution in [1.82, 2.24) is 4.90 Å². The van der Waals surface area contributed by atoms with Crippen LogP contribution in [0.2, 0.25) is 0 Å². The van der Waals surface area contributed by atoms with Crippen molar-refractivity contribution in [3.63, 3.8) is 0 Å². The zero-order valence-corrected chi connectivity index (χ0v) is 16.8. The van der Waals surface area contributed by atoms with Crippen molar-refractivity contribution in [2.75, 3.05) is 39.4 Å². The Kier molecular flexibility index (Phi) is 19.7. The maximum absolute atomic E-state index is 9.96. The highest BCUT2D eigenvalue weighted by Crippen LogP contribution is 2.10. The zero-order valence-electron chi connectivity index (χ0n) is 15.2. The molecule has 0 aliphatic rings. The van der Waals surface area contributed by atoms with Crippen LogP contribution in [0.15, 0.2) is 0 Å². The van der Waals surface area contributed by atoms with E-state index in [2.05, 4.69) is 0 Å². The molecule has 174 valence electrons. The number of hydrogen-bond donors (Lipinski definition) is 11. The van der Waals surface area contributed by atoms with E-state index in [-0.39, 0.29) is 51.0 Å². The fraction of sp³-hybridized carbons (Fsp3) is 1.00. The summed E-state index contributed by atoms with van der Waals surface area (Å²) in [6.07, 6.45) is -13.7. The van der Waals surface area contributed by atoms with Crippen molar-refractivity contribution in [1.29, 1.82) is 0 Å². The van der Waals surface area contributed by atoms with Gasteiger partial charge in [-0.1, -0.05) is 0 Å². The van der Waals surface area contributed by atoms with Crippen LogP contribution in [0.25, 0.3) is 0 Å². The molecule has 0 aliphatic heterocycles. The summed E-state index contributed by atoms with van der Waals surface area (Å²) in [4.78, 5) is 1.32. The highest BCUT2D eigenvalue weighted by atomic mass is 35.5. The van der Waals surface area contributed by atoms with Crippen LogP contribution in [0, 0.1) is 0 Å². The highest BCUT2D eigenvalue weighted by molar-refractivity contribution is 5.85. The van der Waals surface area contributed by atoms with Crippen molar-refractivity contribution in [3.8, 4) is 0 Å². The Morgan fingerprint density at radius 3 is 1.11 bits per heavy atom. The molecule has 0 saturated heterocycles. The van der Waals surface area contributed by atoms with E-state index in [4.69, 9.17) is 15.9 Å². The Morgan fingerprint density at radius 1 is 0.571 bits per heavy atom. The normalized spacial score (nSPS) is 20.1. The fourth-order valence-electron chi connectivity index (χ4n) is 2.31. The molecular formula is C14H34Cl2N2O10. The average molecular weight is 461 g/mol. The molecule has 7 unspecified atom stereocenters. The minimum absolute atomic E-state index is 0. The first kappa shape index (κ1) is 32.8. The summed E-state index contributed by atoms with van der Waals surface area (Å²) in [5.41, 5.74) is 5.42. The third-order valence-corrected chi connectivity index (χ3v) is 3.99. The summed E-state index contributed by atoms with van der Waals surface area (Å²) in [6, 6.07) is 0. The predicted octanol–water partition coefficient (Wildman–Crippen LogP) is -6.04. The molecule has 0 fully saturated rings. The van der Waals surface area contributed by atoms with E-state index >= 15 is 0 Å². The average Bonchev–Trinajstić information content (AvgIpc) is 2.63. The molecular weight excluding hydrogens is 427 g/mol. The molecule has 0 aliphatic carbocycles. The van der Waals surface area contributed by atoms with Crippen LogP contribution < -0.4 is 5.73 Å². The maximum atomic E-state index is 9.96. The summed E-state index contributed by atoms with van der Waals surface area (Å²) in [7, 11) is 0. The van der Waals surface area contributed by atoms with Gasteiger partial charge < -0.3 is 56.8 Å². The van der Waals surface area contributed by atoms with Crippen molar-refractivity contribution < 1.29 is 51.1 Å². The summed E-state index contributed by atoms with van der Waals surface area (Å²) in [6.45, 7) is -2.12. The van der Waals surface area contributed by atoms with Crippen molar-refractivity contribution >= 4 is 24.8 Å². The zero-order chi connectivity index (χ0) is 20.4. The second kappa shape index (κ2) is 16.8. The van der Waals surface area contributed by atoms with Crippen LogP contribution >= 0.6 is 24.8 Å². The van der Waals surface area contributed by atoms with Crippen LogP contribution in [0.4, 0.5) is 0 Å². The van der Waals surface area contributed by atoms with Crippen molar-refractivity contribution in [3.05, 3.63) is 0 Å². The monoisotopic (exact) mass is 460 g/mol. The third kappa shape index (κ3) is 10.8. The molecule has 0 aromatic rings. The number of halogens is 2. The molecule has 0 aromatic carbocycles. The van der Waals surface area contributed by atoms with Gasteiger partial charge in [0, 0.05) is 26.2 Å². The first-order valence-corrected chi connectivity index (χ1v) is 8.19. The van der Waals surface area contributed by atoms with Gasteiger partial charge in [-0.3, -0.25) is 4.90 Å². The molecule has 12 nitrogen and oxygen atoms in total. The third-order valence-electron chi connectivity index (χ3n) is 3.99. The number of rotatable bonds is 14.